The molecule has 0 bridgehead atoms. The molecule has 33 heavy (non-hydrogen) atoms. The number of amides is 1. The molecule has 0 aromatic heterocycles. The van der Waals surface area contributed by atoms with Crippen LogP contribution >= 0.6 is 23.2 Å². The van der Waals surface area contributed by atoms with Crippen molar-refractivity contribution in [3.05, 3.63) is 87.9 Å². The molecule has 0 aliphatic heterocycles. The first kappa shape index (κ1) is 24.7. The van der Waals surface area contributed by atoms with E-state index in [1.807, 2.05) is 0 Å². The molecule has 0 saturated carbocycles. The van der Waals surface area contributed by atoms with Gasteiger partial charge < -0.3 is 10.1 Å². The van der Waals surface area contributed by atoms with E-state index in [1.54, 1.807) is 30.3 Å². The van der Waals surface area contributed by atoms with Gasteiger partial charge in [0, 0.05) is 21.2 Å². The SMILES string of the molecule is COc1ccc(Cl)cc1S(=O)(=O)N[C@@H](C)C(=O)Nc1ccc(Cl)cc1C(=O)c1ccccc1. The number of hydrogen-bond donors (Lipinski definition) is 2. The molecule has 0 heterocycles. The van der Waals surface area contributed by atoms with Gasteiger partial charge in [-0.1, -0.05) is 53.5 Å². The molecule has 172 valence electrons. The molecule has 0 aliphatic rings. The smallest absolute Gasteiger partial charge is 0.245 e. The first-order valence-electron chi connectivity index (χ1n) is 9.68. The molecule has 0 radical (unpaired) electrons. The monoisotopic (exact) mass is 506 g/mol. The predicted molar refractivity (Wildman–Crippen MR) is 128 cm³/mol. The second-order valence-electron chi connectivity index (χ2n) is 7.01. The van der Waals surface area contributed by atoms with Crippen LogP contribution in [0.2, 0.25) is 10.0 Å². The van der Waals surface area contributed by atoms with Crippen molar-refractivity contribution >= 4 is 50.6 Å². The molecular formula is C23H20Cl2N2O5S. The Balaban J connectivity index is 1.83. The summed E-state index contributed by atoms with van der Waals surface area (Å²) in [5.41, 5.74) is 0.787. The van der Waals surface area contributed by atoms with Gasteiger partial charge >= 0.3 is 0 Å². The third-order valence-corrected chi connectivity index (χ3v) is 6.69. The minimum atomic E-state index is -4.15. The number of halogens is 2. The zero-order chi connectivity index (χ0) is 24.2. The zero-order valence-corrected chi connectivity index (χ0v) is 20.0. The molecule has 2 N–H and O–H groups in total. The summed E-state index contributed by atoms with van der Waals surface area (Å²) >= 11 is 12.0. The van der Waals surface area contributed by atoms with Gasteiger partial charge in [-0.05, 0) is 43.3 Å². The fourth-order valence-corrected chi connectivity index (χ4v) is 4.82. The fourth-order valence-electron chi connectivity index (χ4n) is 3.01. The van der Waals surface area contributed by atoms with Crippen LogP contribution in [0.1, 0.15) is 22.8 Å². The van der Waals surface area contributed by atoms with Crippen molar-refractivity contribution in [3.8, 4) is 5.75 Å². The molecule has 3 rings (SSSR count). The highest BCUT2D eigenvalue weighted by Crippen LogP contribution is 2.27. The van der Waals surface area contributed by atoms with Crippen LogP contribution in [0, 0.1) is 0 Å². The molecule has 0 unspecified atom stereocenters. The number of rotatable bonds is 8. The van der Waals surface area contributed by atoms with Gasteiger partial charge in [-0.2, -0.15) is 4.72 Å². The van der Waals surface area contributed by atoms with Gasteiger partial charge in [0.05, 0.1) is 18.8 Å². The van der Waals surface area contributed by atoms with Crippen molar-refractivity contribution < 1.29 is 22.7 Å². The summed E-state index contributed by atoms with van der Waals surface area (Å²) in [5, 5.41) is 3.11. The normalized spacial score (nSPS) is 12.1. The Morgan fingerprint density at radius 3 is 2.24 bits per heavy atom. The summed E-state index contributed by atoms with van der Waals surface area (Å²) in [6.45, 7) is 1.37. The van der Waals surface area contributed by atoms with Crippen molar-refractivity contribution in [2.45, 2.75) is 17.9 Å². The average Bonchev–Trinajstić information content (AvgIpc) is 2.80. The highest BCUT2D eigenvalue weighted by molar-refractivity contribution is 7.89. The molecule has 0 saturated heterocycles. The van der Waals surface area contributed by atoms with Gasteiger partial charge in [-0.15, -0.1) is 0 Å². The second kappa shape index (κ2) is 10.4. The van der Waals surface area contributed by atoms with Crippen LogP contribution in [0.25, 0.3) is 0 Å². The Bertz CT molecular complexity index is 1300. The second-order valence-corrected chi connectivity index (χ2v) is 9.57. The van der Waals surface area contributed by atoms with Crippen molar-refractivity contribution in [2.75, 3.05) is 12.4 Å². The van der Waals surface area contributed by atoms with E-state index in [2.05, 4.69) is 10.0 Å². The van der Waals surface area contributed by atoms with Crippen molar-refractivity contribution in [1.82, 2.24) is 4.72 Å². The summed E-state index contributed by atoms with van der Waals surface area (Å²) in [4.78, 5) is 25.5. The maximum Gasteiger partial charge on any atom is 0.245 e. The maximum absolute atomic E-state index is 12.9. The third-order valence-electron chi connectivity index (χ3n) is 4.66. The van der Waals surface area contributed by atoms with Gasteiger partial charge in [0.1, 0.15) is 10.6 Å². The van der Waals surface area contributed by atoms with Crippen LogP contribution in [0.4, 0.5) is 5.69 Å². The number of nitrogens with one attached hydrogen (secondary N) is 2. The minimum Gasteiger partial charge on any atom is -0.495 e. The lowest BCUT2D eigenvalue weighted by molar-refractivity contribution is -0.117. The van der Waals surface area contributed by atoms with Gasteiger partial charge in [0.2, 0.25) is 15.9 Å². The van der Waals surface area contributed by atoms with Crippen LogP contribution in [-0.2, 0) is 14.8 Å². The first-order chi connectivity index (χ1) is 15.6. The number of hydrogen-bond acceptors (Lipinski definition) is 5. The van der Waals surface area contributed by atoms with Crippen LogP contribution < -0.4 is 14.8 Å². The largest absolute Gasteiger partial charge is 0.495 e. The van der Waals surface area contributed by atoms with Crippen molar-refractivity contribution in [1.29, 1.82) is 0 Å². The van der Waals surface area contributed by atoms with E-state index < -0.39 is 22.0 Å². The summed E-state index contributed by atoms with van der Waals surface area (Å²) in [6.07, 6.45) is 0. The number of carbonyl (C=O) groups excluding carboxylic acids is 2. The number of carbonyl (C=O) groups is 2. The molecule has 3 aromatic carbocycles. The quantitative estimate of drug-likeness (QED) is 0.436. The number of sulfonamides is 1. The number of benzene rings is 3. The number of anilines is 1. The van der Waals surface area contributed by atoms with Gasteiger partial charge in [0.25, 0.3) is 0 Å². The van der Waals surface area contributed by atoms with Gasteiger partial charge in [0.15, 0.2) is 5.78 Å². The van der Waals surface area contributed by atoms with Crippen LogP contribution in [-0.4, -0.2) is 33.3 Å². The Hall–Kier alpha value is -2.91. The summed E-state index contributed by atoms with van der Waals surface area (Å²) in [7, 11) is -2.82. The molecule has 0 aliphatic carbocycles. The Morgan fingerprint density at radius 2 is 1.58 bits per heavy atom. The van der Waals surface area contributed by atoms with Crippen LogP contribution in [0.15, 0.2) is 71.6 Å². The maximum atomic E-state index is 12.9. The highest BCUT2D eigenvalue weighted by atomic mass is 35.5. The standard InChI is InChI=1S/C23H20Cl2N2O5S/c1-14(27-33(30,31)21-13-17(25)9-11-20(21)32-2)23(29)26-19-10-8-16(24)12-18(19)22(28)15-6-4-3-5-7-15/h3-14,27H,1-2H3,(H,26,29)/t14-/m0/s1. The molecule has 0 fully saturated rings. The van der Waals surface area contributed by atoms with E-state index in [0.29, 0.717) is 10.6 Å². The molecule has 7 nitrogen and oxygen atoms in total. The Labute approximate surface area is 201 Å². The molecule has 3 aromatic rings. The predicted octanol–water partition coefficient (Wildman–Crippen LogP) is 4.54. The summed E-state index contributed by atoms with van der Waals surface area (Å²) in [5.74, 6) is -0.942. The highest BCUT2D eigenvalue weighted by Gasteiger charge is 2.26. The number of ketones is 1. The lowest BCUT2D eigenvalue weighted by Gasteiger charge is -2.17. The van der Waals surface area contributed by atoms with Gasteiger partial charge in [-0.3, -0.25) is 9.59 Å². The van der Waals surface area contributed by atoms with E-state index >= 15 is 0 Å². The lowest BCUT2D eigenvalue weighted by atomic mass is 10.0. The zero-order valence-electron chi connectivity index (χ0n) is 17.6. The van der Waals surface area contributed by atoms with E-state index in [4.69, 9.17) is 27.9 Å². The average molecular weight is 507 g/mol. The van der Waals surface area contributed by atoms with Crippen LogP contribution in [0.5, 0.6) is 5.75 Å². The Morgan fingerprint density at radius 1 is 0.939 bits per heavy atom. The summed E-state index contributed by atoms with van der Waals surface area (Å²) in [6, 6.07) is 15.9. The minimum absolute atomic E-state index is 0.0768. The molecule has 1 atom stereocenters. The number of ether oxygens (including phenoxy) is 1. The van der Waals surface area contributed by atoms with Crippen LogP contribution in [0.3, 0.4) is 0 Å². The van der Waals surface area contributed by atoms with Crippen molar-refractivity contribution in [3.63, 3.8) is 0 Å². The first-order valence-corrected chi connectivity index (χ1v) is 11.9. The van der Waals surface area contributed by atoms with Crippen molar-refractivity contribution in [2.24, 2.45) is 0 Å². The molecule has 1 amide bonds. The van der Waals surface area contributed by atoms with E-state index in [0.717, 1.165) is 0 Å². The third kappa shape index (κ3) is 5.91. The Kier molecular flexibility index (Phi) is 7.76. The fraction of sp³-hybridized carbons (Fsp3) is 0.130. The van der Waals surface area contributed by atoms with E-state index in [-0.39, 0.29) is 32.7 Å². The topological polar surface area (TPSA) is 102 Å². The molecule has 10 heteroatoms. The van der Waals surface area contributed by atoms with Gasteiger partial charge in [-0.25, -0.2) is 8.42 Å². The van der Waals surface area contributed by atoms with E-state index in [1.165, 1.54) is 50.4 Å². The lowest BCUT2D eigenvalue weighted by Crippen LogP contribution is -2.41. The van der Waals surface area contributed by atoms with E-state index in [9.17, 15) is 18.0 Å². The molecular weight excluding hydrogens is 487 g/mol. The molecule has 0 spiro atoms. The summed E-state index contributed by atoms with van der Waals surface area (Å²) < 4.78 is 33.1. The number of methoxy groups -OCH3 is 1.